The number of ether oxygens (including phenoxy) is 1. The van der Waals surface area contributed by atoms with Crippen molar-refractivity contribution in [2.24, 2.45) is 0 Å². The van der Waals surface area contributed by atoms with Crippen molar-refractivity contribution in [2.45, 2.75) is 49.2 Å². The predicted molar refractivity (Wildman–Crippen MR) is 144 cm³/mol. The van der Waals surface area contributed by atoms with Gasteiger partial charge in [-0.15, -0.1) is 23.1 Å². The van der Waals surface area contributed by atoms with E-state index in [9.17, 15) is 14.4 Å². The van der Waals surface area contributed by atoms with Gasteiger partial charge in [0.15, 0.2) is 0 Å². The Morgan fingerprint density at radius 2 is 1.81 bits per heavy atom. The lowest BCUT2D eigenvalue weighted by atomic mass is 9.95. The Bertz CT molecular complexity index is 1290. The van der Waals surface area contributed by atoms with E-state index in [1.165, 1.54) is 11.3 Å². The Hall–Kier alpha value is -3.10. The number of nitrogens with one attached hydrogen (secondary N) is 1. The molecule has 3 aromatic rings. The van der Waals surface area contributed by atoms with Crippen LogP contribution in [0.15, 0.2) is 59.5 Å². The van der Waals surface area contributed by atoms with Crippen LogP contribution in [0.3, 0.4) is 0 Å². The molecule has 0 radical (unpaired) electrons. The van der Waals surface area contributed by atoms with Gasteiger partial charge in [-0.05, 0) is 55.9 Å². The van der Waals surface area contributed by atoms with Crippen molar-refractivity contribution in [1.82, 2.24) is 0 Å². The number of esters is 1. The van der Waals surface area contributed by atoms with Gasteiger partial charge in [-0.2, -0.15) is 0 Å². The first kappa shape index (κ1) is 24.6. The maximum absolute atomic E-state index is 13.4. The minimum atomic E-state index is -0.398. The van der Waals surface area contributed by atoms with Crippen LogP contribution in [-0.4, -0.2) is 30.9 Å². The van der Waals surface area contributed by atoms with Crippen molar-refractivity contribution < 1.29 is 19.1 Å². The molecule has 0 spiro atoms. The summed E-state index contributed by atoms with van der Waals surface area (Å²) in [4.78, 5) is 43.2. The van der Waals surface area contributed by atoms with Gasteiger partial charge in [0.05, 0.1) is 17.9 Å². The van der Waals surface area contributed by atoms with Crippen LogP contribution in [0.5, 0.6) is 0 Å². The number of carbonyl (C=O) groups excluding carboxylic acids is 3. The van der Waals surface area contributed by atoms with E-state index in [4.69, 9.17) is 4.74 Å². The number of thioether (sulfide) groups is 1. The van der Waals surface area contributed by atoms with Crippen molar-refractivity contribution in [2.75, 3.05) is 23.4 Å². The molecule has 0 saturated heterocycles. The number of anilines is 2. The van der Waals surface area contributed by atoms with E-state index in [2.05, 4.69) is 5.32 Å². The predicted octanol–water partition coefficient (Wildman–Crippen LogP) is 6.01. The number of amides is 2. The molecule has 0 fully saturated rings. The molecule has 8 heteroatoms. The molecule has 1 aliphatic heterocycles. The Morgan fingerprint density at radius 1 is 1.06 bits per heavy atom. The number of hydrogen-bond acceptors (Lipinski definition) is 6. The molecule has 2 aliphatic rings. The number of rotatable bonds is 6. The van der Waals surface area contributed by atoms with Gasteiger partial charge in [-0.3, -0.25) is 9.59 Å². The van der Waals surface area contributed by atoms with E-state index < -0.39 is 5.97 Å². The Kier molecular flexibility index (Phi) is 7.43. The van der Waals surface area contributed by atoms with Crippen LogP contribution >= 0.6 is 23.1 Å². The Morgan fingerprint density at radius 3 is 2.61 bits per heavy atom. The van der Waals surface area contributed by atoms with Gasteiger partial charge >= 0.3 is 5.97 Å². The van der Waals surface area contributed by atoms with Gasteiger partial charge in [0.2, 0.25) is 11.8 Å². The molecule has 2 amide bonds. The number of benzene rings is 2. The smallest absolute Gasteiger partial charge is 0.341 e. The minimum absolute atomic E-state index is 0.0349. The molecule has 1 aromatic heterocycles. The van der Waals surface area contributed by atoms with Crippen LogP contribution in [0, 0.1) is 0 Å². The first-order chi connectivity index (χ1) is 17.5. The second kappa shape index (κ2) is 10.9. The topological polar surface area (TPSA) is 75.7 Å². The van der Waals surface area contributed by atoms with Crippen LogP contribution in [0.2, 0.25) is 0 Å². The van der Waals surface area contributed by atoms with Gasteiger partial charge in [-0.25, -0.2) is 4.79 Å². The van der Waals surface area contributed by atoms with E-state index in [1.807, 2.05) is 54.6 Å². The molecule has 6 nitrogen and oxygen atoms in total. The maximum atomic E-state index is 13.4. The van der Waals surface area contributed by atoms with E-state index in [1.54, 1.807) is 23.6 Å². The first-order valence-electron chi connectivity index (χ1n) is 12.3. The molecular weight excluding hydrogens is 492 g/mol. The van der Waals surface area contributed by atoms with Gasteiger partial charge in [0, 0.05) is 21.4 Å². The Labute approximate surface area is 219 Å². The van der Waals surface area contributed by atoms with Gasteiger partial charge in [0.1, 0.15) is 11.5 Å². The molecule has 1 atom stereocenters. The van der Waals surface area contributed by atoms with E-state index in [0.29, 0.717) is 10.6 Å². The van der Waals surface area contributed by atoms with Crippen LogP contribution in [0.4, 0.5) is 10.7 Å². The zero-order valence-corrected chi connectivity index (χ0v) is 21.8. The molecular formula is C28H28N2O4S2. The summed E-state index contributed by atoms with van der Waals surface area (Å²) in [7, 11) is 0. The van der Waals surface area contributed by atoms with Crippen LogP contribution < -0.4 is 10.2 Å². The lowest BCUT2D eigenvalue weighted by Gasteiger charge is -2.22. The fraction of sp³-hybridized carbons (Fsp3) is 0.321. The summed E-state index contributed by atoms with van der Waals surface area (Å²) in [6, 6.07) is 17.7. The molecule has 2 aromatic carbocycles. The molecule has 0 unspecified atom stereocenters. The van der Waals surface area contributed by atoms with Crippen molar-refractivity contribution in [3.63, 3.8) is 0 Å². The van der Waals surface area contributed by atoms with E-state index in [-0.39, 0.29) is 36.6 Å². The molecule has 36 heavy (non-hydrogen) atoms. The van der Waals surface area contributed by atoms with Crippen molar-refractivity contribution in [3.05, 3.63) is 76.2 Å². The van der Waals surface area contributed by atoms with Crippen molar-refractivity contribution in [1.29, 1.82) is 0 Å². The minimum Gasteiger partial charge on any atom is -0.462 e. The maximum Gasteiger partial charge on any atom is 0.341 e. The highest BCUT2D eigenvalue weighted by Gasteiger charge is 2.32. The summed E-state index contributed by atoms with van der Waals surface area (Å²) in [5, 5.41) is 3.44. The summed E-state index contributed by atoms with van der Waals surface area (Å²) >= 11 is 3.10. The monoisotopic (exact) mass is 520 g/mol. The first-order valence-corrected chi connectivity index (χ1v) is 14.0. The molecule has 1 aliphatic carbocycles. The highest BCUT2D eigenvalue weighted by molar-refractivity contribution is 7.99. The summed E-state index contributed by atoms with van der Waals surface area (Å²) in [5.74, 6) is -0.830. The molecule has 0 saturated carbocycles. The highest BCUT2D eigenvalue weighted by atomic mass is 32.2. The third-order valence-corrected chi connectivity index (χ3v) is 8.99. The SMILES string of the molecule is CCOC(=O)c1c(NC(=O)CN2C(=O)C[C@H](c3ccccc3)Sc3ccccc32)sc2c1CCCC2. The van der Waals surface area contributed by atoms with Crippen molar-refractivity contribution >= 4 is 51.6 Å². The summed E-state index contributed by atoms with van der Waals surface area (Å²) in [6.07, 6.45) is 4.09. The molecule has 2 heterocycles. The van der Waals surface area contributed by atoms with E-state index in [0.717, 1.165) is 52.3 Å². The summed E-state index contributed by atoms with van der Waals surface area (Å²) in [6.45, 7) is 1.93. The standard InChI is InChI=1S/C28H28N2O4S2/c1-2-34-28(33)26-19-12-6-8-14-21(19)36-27(26)29-24(31)17-30-20-13-7-9-15-22(20)35-23(16-25(30)32)18-10-4-3-5-11-18/h3-5,7,9-11,13,15,23H,2,6,8,12,14,16-17H2,1H3,(H,29,31)/t23-/m1/s1. The third kappa shape index (κ3) is 5.06. The Balaban J connectivity index is 1.40. The highest BCUT2D eigenvalue weighted by Crippen LogP contribution is 2.45. The summed E-state index contributed by atoms with van der Waals surface area (Å²) in [5.41, 5.74) is 3.29. The van der Waals surface area contributed by atoms with E-state index >= 15 is 0 Å². The van der Waals surface area contributed by atoms with Gasteiger partial charge in [0.25, 0.3) is 0 Å². The summed E-state index contributed by atoms with van der Waals surface area (Å²) < 4.78 is 5.31. The number of fused-ring (bicyclic) bond motifs is 2. The number of aryl methyl sites for hydroxylation is 1. The molecule has 5 rings (SSSR count). The zero-order chi connectivity index (χ0) is 25.1. The number of carbonyl (C=O) groups is 3. The van der Waals surface area contributed by atoms with Crippen LogP contribution in [-0.2, 0) is 27.2 Å². The number of thiophene rings is 1. The van der Waals surface area contributed by atoms with Crippen molar-refractivity contribution in [3.8, 4) is 0 Å². The lowest BCUT2D eigenvalue weighted by Crippen LogP contribution is -2.38. The normalized spacial score (nSPS) is 17.1. The number of hydrogen-bond donors (Lipinski definition) is 1. The fourth-order valence-electron chi connectivity index (χ4n) is 4.79. The molecule has 186 valence electrons. The van der Waals surface area contributed by atoms with Gasteiger partial charge < -0.3 is 15.0 Å². The average Bonchev–Trinajstić information content (AvgIpc) is 3.18. The molecule has 0 bridgehead atoms. The second-order valence-corrected chi connectivity index (χ2v) is 11.2. The quantitative estimate of drug-likeness (QED) is 0.403. The van der Waals surface area contributed by atoms with Crippen LogP contribution in [0.25, 0.3) is 0 Å². The number of nitrogens with zero attached hydrogens (tertiary/aromatic N) is 1. The zero-order valence-electron chi connectivity index (χ0n) is 20.1. The number of para-hydroxylation sites is 1. The molecule has 1 N–H and O–H groups in total. The second-order valence-electron chi connectivity index (χ2n) is 8.85. The largest absolute Gasteiger partial charge is 0.462 e. The van der Waals surface area contributed by atoms with Gasteiger partial charge in [-0.1, -0.05) is 42.5 Å². The average molecular weight is 521 g/mol. The van der Waals surface area contributed by atoms with Crippen LogP contribution in [0.1, 0.15) is 57.8 Å². The fourth-order valence-corrected chi connectivity index (χ4v) is 7.36. The third-order valence-electron chi connectivity index (χ3n) is 6.46. The lowest BCUT2D eigenvalue weighted by molar-refractivity contribution is -0.121.